The van der Waals surface area contributed by atoms with Crippen molar-refractivity contribution in [1.82, 2.24) is 14.5 Å². The van der Waals surface area contributed by atoms with E-state index in [0.29, 0.717) is 5.76 Å². The number of piperidine rings is 1. The molecule has 1 fully saturated rings. The van der Waals surface area contributed by atoms with Crippen LogP contribution in [0, 0.1) is 5.92 Å². The first-order valence-corrected chi connectivity index (χ1v) is 10.7. The van der Waals surface area contributed by atoms with E-state index in [-0.39, 0.29) is 5.91 Å². The van der Waals surface area contributed by atoms with Crippen LogP contribution < -0.4 is 5.32 Å². The number of furan rings is 1. The topological polar surface area (TPSA) is 63.3 Å². The number of carbonyl (C=O) groups excluding carboxylic acids is 1. The van der Waals surface area contributed by atoms with Crippen molar-refractivity contribution in [3.8, 4) is 0 Å². The zero-order valence-electron chi connectivity index (χ0n) is 17.4. The lowest BCUT2D eigenvalue weighted by Crippen LogP contribution is -2.33. The maximum atomic E-state index is 12.3. The summed E-state index contributed by atoms with van der Waals surface area (Å²) >= 11 is 0. The van der Waals surface area contributed by atoms with E-state index in [1.165, 1.54) is 19.1 Å². The Morgan fingerprint density at radius 2 is 2.10 bits per heavy atom. The minimum absolute atomic E-state index is 0.248. The third-order valence-corrected chi connectivity index (χ3v) is 5.81. The number of anilines is 1. The highest BCUT2D eigenvalue weighted by Gasteiger charge is 2.19. The molecule has 1 N–H and O–H groups in total. The Morgan fingerprint density at radius 1 is 1.28 bits per heavy atom. The maximum Gasteiger partial charge on any atom is 0.291 e. The zero-order chi connectivity index (χ0) is 20.2. The Balaban J connectivity index is 1.57. The average molecular weight is 395 g/mol. The molecule has 0 saturated carbocycles. The molecule has 154 valence electrons. The van der Waals surface area contributed by atoms with Crippen LogP contribution in [0.1, 0.15) is 55.9 Å². The average Bonchev–Trinajstić information content (AvgIpc) is 3.36. The number of likely N-dealkylation sites (tertiary alicyclic amines) is 1. The molecule has 2 aromatic heterocycles. The summed E-state index contributed by atoms with van der Waals surface area (Å²) in [4.78, 5) is 19.7. The molecule has 1 aliphatic rings. The number of unbranched alkanes of at least 4 members (excludes halogenated alkanes) is 1. The number of nitrogens with one attached hydrogen (secondary N) is 1. The van der Waals surface area contributed by atoms with Crippen molar-refractivity contribution < 1.29 is 9.21 Å². The van der Waals surface area contributed by atoms with Crippen LogP contribution >= 0.6 is 0 Å². The Morgan fingerprint density at radius 3 is 2.83 bits per heavy atom. The van der Waals surface area contributed by atoms with Gasteiger partial charge in [0, 0.05) is 12.2 Å². The van der Waals surface area contributed by atoms with E-state index < -0.39 is 0 Å². The Hall–Kier alpha value is -2.60. The summed E-state index contributed by atoms with van der Waals surface area (Å²) in [5.41, 5.74) is 2.80. The van der Waals surface area contributed by atoms with Gasteiger partial charge in [-0.3, -0.25) is 9.69 Å². The molecule has 1 amide bonds. The van der Waals surface area contributed by atoms with Gasteiger partial charge < -0.3 is 14.3 Å². The molecule has 0 unspecified atom stereocenters. The van der Waals surface area contributed by atoms with E-state index in [1.54, 1.807) is 12.1 Å². The van der Waals surface area contributed by atoms with E-state index in [4.69, 9.17) is 9.40 Å². The van der Waals surface area contributed by atoms with Gasteiger partial charge in [0.2, 0.25) is 0 Å². The molecule has 1 aromatic carbocycles. The number of imidazole rings is 1. The largest absolute Gasteiger partial charge is 0.459 e. The van der Waals surface area contributed by atoms with Gasteiger partial charge in [-0.25, -0.2) is 4.98 Å². The molecular weight excluding hydrogens is 364 g/mol. The number of hydrogen-bond donors (Lipinski definition) is 1. The third-order valence-electron chi connectivity index (χ3n) is 5.81. The molecule has 0 bridgehead atoms. The number of aryl methyl sites for hydroxylation is 1. The predicted molar refractivity (Wildman–Crippen MR) is 115 cm³/mol. The first-order chi connectivity index (χ1) is 14.1. The second kappa shape index (κ2) is 8.82. The molecule has 0 aliphatic carbocycles. The molecule has 1 saturated heterocycles. The second-order valence-electron chi connectivity index (χ2n) is 8.13. The van der Waals surface area contributed by atoms with Gasteiger partial charge in [-0.05, 0) is 68.6 Å². The van der Waals surface area contributed by atoms with Crippen LogP contribution in [-0.4, -0.2) is 33.4 Å². The first-order valence-electron chi connectivity index (χ1n) is 10.7. The van der Waals surface area contributed by atoms with Gasteiger partial charge in [-0.15, -0.1) is 0 Å². The number of amides is 1. The molecule has 3 aromatic rings. The van der Waals surface area contributed by atoms with Crippen molar-refractivity contribution in [2.75, 3.05) is 18.4 Å². The standard InChI is InChI=1S/C23H30N4O2/c1-3-4-11-27-20-8-7-18(24-23(28)21-6-5-14-29-21)15-19(20)25-22(27)16-26-12-9-17(2)10-13-26/h5-8,14-15,17H,3-4,9-13,16H2,1-2H3,(H,24,28). The number of carbonyl (C=O) groups is 1. The molecule has 0 atom stereocenters. The highest BCUT2D eigenvalue weighted by molar-refractivity contribution is 6.03. The fourth-order valence-corrected chi connectivity index (χ4v) is 3.96. The van der Waals surface area contributed by atoms with Crippen molar-refractivity contribution in [2.24, 2.45) is 5.92 Å². The quantitative estimate of drug-likeness (QED) is 0.618. The van der Waals surface area contributed by atoms with Crippen molar-refractivity contribution in [3.05, 3.63) is 48.2 Å². The summed E-state index contributed by atoms with van der Waals surface area (Å²) in [7, 11) is 0. The van der Waals surface area contributed by atoms with Crippen molar-refractivity contribution in [2.45, 2.75) is 52.6 Å². The van der Waals surface area contributed by atoms with Crippen LogP contribution in [0.5, 0.6) is 0 Å². The van der Waals surface area contributed by atoms with Gasteiger partial charge in [-0.2, -0.15) is 0 Å². The summed E-state index contributed by atoms with van der Waals surface area (Å²) in [6, 6.07) is 9.34. The van der Waals surface area contributed by atoms with Crippen LogP contribution in [0.3, 0.4) is 0 Å². The summed E-state index contributed by atoms with van der Waals surface area (Å²) in [5.74, 6) is 2.00. The van der Waals surface area contributed by atoms with Gasteiger partial charge in [0.15, 0.2) is 5.76 Å². The van der Waals surface area contributed by atoms with E-state index >= 15 is 0 Å². The van der Waals surface area contributed by atoms with Crippen LogP contribution in [0.4, 0.5) is 5.69 Å². The van der Waals surface area contributed by atoms with Crippen LogP contribution in [0.25, 0.3) is 11.0 Å². The molecule has 3 heterocycles. The highest BCUT2D eigenvalue weighted by Crippen LogP contribution is 2.24. The smallest absolute Gasteiger partial charge is 0.291 e. The molecule has 6 heteroatoms. The SMILES string of the molecule is CCCCn1c(CN2CCC(C)CC2)nc2cc(NC(=O)c3ccco3)ccc21. The first kappa shape index (κ1) is 19.7. The molecular formula is C23H30N4O2. The third kappa shape index (κ3) is 4.53. The van der Waals surface area contributed by atoms with Crippen LogP contribution in [0.2, 0.25) is 0 Å². The van der Waals surface area contributed by atoms with Gasteiger partial charge in [0.05, 0.1) is 23.8 Å². The van der Waals surface area contributed by atoms with E-state index in [1.807, 2.05) is 12.1 Å². The maximum absolute atomic E-state index is 12.3. The molecule has 4 rings (SSSR count). The number of rotatable bonds is 7. The van der Waals surface area contributed by atoms with E-state index in [0.717, 1.165) is 67.5 Å². The van der Waals surface area contributed by atoms with Gasteiger partial charge >= 0.3 is 0 Å². The van der Waals surface area contributed by atoms with Gasteiger partial charge in [-0.1, -0.05) is 20.3 Å². The predicted octanol–water partition coefficient (Wildman–Crippen LogP) is 4.91. The normalized spacial score (nSPS) is 15.8. The molecule has 0 spiro atoms. The van der Waals surface area contributed by atoms with E-state index in [9.17, 15) is 4.79 Å². The highest BCUT2D eigenvalue weighted by atomic mass is 16.3. The minimum Gasteiger partial charge on any atom is -0.459 e. The Labute approximate surface area is 171 Å². The zero-order valence-corrected chi connectivity index (χ0v) is 17.4. The second-order valence-corrected chi connectivity index (χ2v) is 8.13. The Bertz CT molecular complexity index is 953. The van der Waals surface area contributed by atoms with Crippen molar-refractivity contribution in [3.63, 3.8) is 0 Å². The molecule has 1 aliphatic heterocycles. The lowest BCUT2D eigenvalue weighted by atomic mass is 9.99. The van der Waals surface area contributed by atoms with E-state index in [2.05, 4.69) is 34.7 Å². The van der Waals surface area contributed by atoms with Gasteiger partial charge in [0.1, 0.15) is 5.82 Å². The fourth-order valence-electron chi connectivity index (χ4n) is 3.96. The Kier molecular flexibility index (Phi) is 6.00. The van der Waals surface area contributed by atoms with Gasteiger partial charge in [0.25, 0.3) is 5.91 Å². The summed E-state index contributed by atoms with van der Waals surface area (Å²) in [6.07, 6.45) is 6.31. The van der Waals surface area contributed by atoms with Crippen LogP contribution in [0.15, 0.2) is 41.0 Å². The summed E-state index contributed by atoms with van der Waals surface area (Å²) in [6.45, 7) is 8.70. The number of fused-ring (bicyclic) bond motifs is 1. The lowest BCUT2D eigenvalue weighted by molar-refractivity contribution is 0.0996. The van der Waals surface area contributed by atoms with Crippen molar-refractivity contribution in [1.29, 1.82) is 0 Å². The minimum atomic E-state index is -0.248. The molecule has 29 heavy (non-hydrogen) atoms. The summed E-state index contributed by atoms with van der Waals surface area (Å²) < 4.78 is 7.53. The number of aromatic nitrogens is 2. The monoisotopic (exact) mass is 394 g/mol. The summed E-state index contributed by atoms with van der Waals surface area (Å²) in [5, 5.41) is 2.90. The number of hydrogen-bond acceptors (Lipinski definition) is 4. The molecule has 0 radical (unpaired) electrons. The molecule has 6 nitrogen and oxygen atoms in total. The van der Waals surface area contributed by atoms with Crippen molar-refractivity contribution >= 4 is 22.6 Å². The number of nitrogens with zero attached hydrogens (tertiary/aromatic N) is 3. The lowest BCUT2D eigenvalue weighted by Gasteiger charge is -2.30. The van der Waals surface area contributed by atoms with Crippen LogP contribution in [-0.2, 0) is 13.1 Å². The fraction of sp³-hybridized carbons (Fsp3) is 0.478. The number of benzene rings is 1.